The van der Waals surface area contributed by atoms with E-state index in [9.17, 15) is 0 Å². The van der Waals surface area contributed by atoms with Gasteiger partial charge in [0.1, 0.15) is 11.1 Å². The summed E-state index contributed by atoms with van der Waals surface area (Å²) in [6.45, 7) is 4.63. The van der Waals surface area contributed by atoms with E-state index in [-0.39, 0.29) is 12.2 Å². The molecule has 2 saturated heterocycles. The number of rotatable bonds is 4. The molecule has 0 aromatic heterocycles. The maximum absolute atomic E-state index is 8.68. The molecule has 0 aliphatic carbocycles. The molecular weight excluding hydrogens is 342 g/mol. The highest BCUT2D eigenvalue weighted by Gasteiger charge is 2.32. The molecule has 4 nitrogen and oxygen atoms in total. The minimum Gasteiger partial charge on any atom is -0.363 e. The van der Waals surface area contributed by atoms with Gasteiger partial charge >= 0.3 is 0 Å². The SMILES string of the molecule is N#CCCN1CCN(C(=S)C2CCC(c3cccc(Cl)c3)O2)CC1. The molecule has 2 aliphatic heterocycles. The van der Waals surface area contributed by atoms with Crippen molar-refractivity contribution in [1.29, 1.82) is 5.26 Å². The smallest absolute Gasteiger partial charge is 0.109 e. The zero-order chi connectivity index (χ0) is 16.9. The van der Waals surface area contributed by atoms with Crippen LogP contribution in [-0.2, 0) is 4.74 Å². The Bertz CT molecular complexity index is 625. The zero-order valence-electron chi connectivity index (χ0n) is 13.7. The predicted octanol–water partition coefficient (Wildman–Crippen LogP) is 3.42. The Morgan fingerprint density at radius 1 is 1.29 bits per heavy atom. The zero-order valence-corrected chi connectivity index (χ0v) is 15.2. The van der Waals surface area contributed by atoms with Crippen molar-refractivity contribution in [2.45, 2.75) is 31.5 Å². The number of nitrogens with zero attached hydrogens (tertiary/aromatic N) is 3. The Hall–Kier alpha value is -1.19. The van der Waals surface area contributed by atoms with E-state index < -0.39 is 0 Å². The molecule has 0 N–H and O–H groups in total. The van der Waals surface area contributed by atoms with Gasteiger partial charge in [-0.25, -0.2) is 0 Å². The summed E-state index contributed by atoms with van der Waals surface area (Å²) in [6.07, 6.45) is 2.65. The van der Waals surface area contributed by atoms with Crippen LogP contribution < -0.4 is 0 Å². The van der Waals surface area contributed by atoms with E-state index in [1.807, 2.05) is 18.2 Å². The molecule has 3 rings (SSSR count). The molecule has 0 radical (unpaired) electrons. The molecule has 2 aliphatic rings. The average molecular weight is 364 g/mol. The van der Waals surface area contributed by atoms with Gasteiger partial charge in [-0.2, -0.15) is 5.26 Å². The summed E-state index contributed by atoms with van der Waals surface area (Å²) in [5.41, 5.74) is 1.13. The number of nitriles is 1. The van der Waals surface area contributed by atoms with Crippen LogP contribution in [-0.4, -0.2) is 53.6 Å². The topological polar surface area (TPSA) is 39.5 Å². The monoisotopic (exact) mass is 363 g/mol. The summed E-state index contributed by atoms with van der Waals surface area (Å²) < 4.78 is 6.21. The number of thiocarbonyl (C=S) groups is 1. The van der Waals surface area contributed by atoms with E-state index in [0.717, 1.165) is 61.1 Å². The van der Waals surface area contributed by atoms with Crippen LogP contribution in [0.2, 0.25) is 5.02 Å². The van der Waals surface area contributed by atoms with Crippen LogP contribution in [0.1, 0.15) is 30.9 Å². The molecule has 24 heavy (non-hydrogen) atoms. The third kappa shape index (κ3) is 4.25. The number of halogens is 1. The summed E-state index contributed by atoms with van der Waals surface area (Å²) in [5, 5.41) is 9.43. The van der Waals surface area contributed by atoms with Crippen molar-refractivity contribution in [3.05, 3.63) is 34.9 Å². The van der Waals surface area contributed by atoms with Crippen molar-refractivity contribution in [1.82, 2.24) is 9.80 Å². The lowest BCUT2D eigenvalue weighted by atomic mass is 10.1. The average Bonchev–Trinajstić information content (AvgIpc) is 3.10. The van der Waals surface area contributed by atoms with Crippen LogP contribution in [0, 0.1) is 11.3 Å². The number of ether oxygens (including phenoxy) is 1. The molecule has 0 spiro atoms. The van der Waals surface area contributed by atoms with Gasteiger partial charge in [-0.3, -0.25) is 4.90 Å². The normalized spacial score (nSPS) is 24.8. The first-order valence-electron chi connectivity index (χ1n) is 8.46. The van der Waals surface area contributed by atoms with Crippen LogP contribution in [0.5, 0.6) is 0 Å². The Morgan fingerprint density at radius 2 is 2.08 bits per heavy atom. The fraction of sp³-hybridized carbons (Fsp3) is 0.556. The maximum Gasteiger partial charge on any atom is 0.109 e. The lowest BCUT2D eigenvalue weighted by Gasteiger charge is -2.37. The Balaban J connectivity index is 1.51. The van der Waals surface area contributed by atoms with Crippen LogP contribution in [0.25, 0.3) is 0 Å². The van der Waals surface area contributed by atoms with Crippen molar-refractivity contribution < 1.29 is 4.74 Å². The molecule has 128 valence electrons. The lowest BCUT2D eigenvalue weighted by Crippen LogP contribution is -2.50. The van der Waals surface area contributed by atoms with E-state index in [2.05, 4.69) is 21.9 Å². The van der Waals surface area contributed by atoms with E-state index in [0.29, 0.717) is 6.42 Å². The molecule has 1 aromatic carbocycles. The minimum absolute atomic E-state index is 0.0228. The molecule has 0 bridgehead atoms. The fourth-order valence-corrected chi connectivity index (χ4v) is 3.93. The van der Waals surface area contributed by atoms with E-state index in [4.69, 9.17) is 33.8 Å². The Kier molecular flexibility index (Phi) is 6.07. The molecule has 2 heterocycles. The van der Waals surface area contributed by atoms with Crippen molar-refractivity contribution in [3.8, 4) is 6.07 Å². The third-order valence-corrected chi connectivity index (χ3v) is 5.50. The largest absolute Gasteiger partial charge is 0.363 e. The predicted molar refractivity (Wildman–Crippen MR) is 99.1 cm³/mol. The second-order valence-electron chi connectivity index (χ2n) is 6.32. The molecule has 2 fully saturated rings. The summed E-state index contributed by atoms with van der Waals surface area (Å²) in [6, 6.07) is 10.1. The van der Waals surface area contributed by atoms with Gasteiger partial charge in [0.05, 0.1) is 12.2 Å². The van der Waals surface area contributed by atoms with Gasteiger partial charge in [-0.05, 0) is 30.5 Å². The van der Waals surface area contributed by atoms with Gasteiger partial charge in [-0.15, -0.1) is 0 Å². The van der Waals surface area contributed by atoms with Crippen LogP contribution in [0.4, 0.5) is 0 Å². The van der Waals surface area contributed by atoms with E-state index >= 15 is 0 Å². The van der Waals surface area contributed by atoms with Gasteiger partial charge in [0.25, 0.3) is 0 Å². The van der Waals surface area contributed by atoms with E-state index in [1.165, 1.54) is 0 Å². The molecule has 2 atom stereocenters. The van der Waals surface area contributed by atoms with Crippen LogP contribution in [0.3, 0.4) is 0 Å². The number of benzene rings is 1. The molecule has 2 unspecified atom stereocenters. The number of hydrogen-bond acceptors (Lipinski definition) is 4. The van der Waals surface area contributed by atoms with Crippen molar-refractivity contribution in [3.63, 3.8) is 0 Å². The molecule has 0 saturated carbocycles. The summed E-state index contributed by atoms with van der Waals surface area (Å²) in [5.74, 6) is 0. The second kappa shape index (κ2) is 8.26. The second-order valence-corrected chi connectivity index (χ2v) is 7.18. The number of piperazine rings is 1. The highest BCUT2D eigenvalue weighted by molar-refractivity contribution is 7.80. The highest BCUT2D eigenvalue weighted by Crippen LogP contribution is 2.34. The van der Waals surface area contributed by atoms with Gasteiger partial charge in [0, 0.05) is 44.2 Å². The summed E-state index contributed by atoms with van der Waals surface area (Å²) >= 11 is 11.8. The van der Waals surface area contributed by atoms with Crippen molar-refractivity contribution in [2.75, 3.05) is 32.7 Å². The summed E-state index contributed by atoms with van der Waals surface area (Å²) in [4.78, 5) is 5.52. The quantitative estimate of drug-likeness (QED) is 0.766. The first kappa shape index (κ1) is 17.6. The number of hydrogen-bond donors (Lipinski definition) is 0. The fourth-order valence-electron chi connectivity index (χ4n) is 3.37. The maximum atomic E-state index is 8.68. The third-order valence-electron chi connectivity index (χ3n) is 4.74. The highest BCUT2D eigenvalue weighted by atomic mass is 35.5. The van der Waals surface area contributed by atoms with Gasteiger partial charge in [0.15, 0.2) is 0 Å². The van der Waals surface area contributed by atoms with Crippen LogP contribution >= 0.6 is 23.8 Å². The van der Waals surface area contributed by atoms with Crippen molar-refractivity contribution >= 4 is 28.8 Å². The molecule has 0 amide bonds. The standard InChI is InChI=1S/C18H22ClN3OS/c19-15-4-1-3-14(13-15)16-5-6-17(23-16)18(24)22-11-9-21(10-12-22)8-2-7-20/h1,3-4,13,16-17H,2,5-6,8-12H2. The lowest BCUT2D eigenvalue weighted by molar-refractivity contribution is 0.0723. The Labute approximate surface area is 153 Å². The Morgan fingerprint density at radius 3 is 2.79 bits per heavy atom. The minimum atomic E-state index is 0.0228. The molecule has 6 heteroatoms. The molecular formula is C18H22ClN3OS. The summed E-state index contributed by atoms with van der Waals surface area (Å²) in [7, 11) is 0. The van der Waals surface area contributed by atoms with Gasteiger partial charge in [-0.1, -0.05) is 36.0 Å². The molecule has 1 aromatic rings. The first-order valence-corrected chi connectivity index (χ1v) is 9.25. The first-order chi connectivity index (χ1) is 11.7. The van der Waals surface area contributed by atoms with Gasteiger partial charge < -0.3 is 9.64 Å². The van der Waals surface area contributed by atoms with Crippen molar-refractivity contribution in [2.24, 2.45) is 0 Å². The van der Waals surface area contributed by atoms with Crippen LogP contribution in [0.15, 0.2) is 24.3 Å². The van der Waals surface area contributed by atoms with Gasteiger partial charge in [0.2, 0.25) is 0 Å². The van der Waals surface area contributed by atoms with E-state index in [1.54, 1.807) is 0 Å².